The van der Waals surface area contributed by atoms with E-state index in [2.05, 4.69) is 0 Å². The van der Waals surface area contributed by atoms with Gasteiger partial charge in [-0.15, -0.1) is 11.3 Å². The molecule has 1 aromatic heterocycles. The second-order valence-electron chi connectivity index (χ2n) is 6.07. The van der Waals surface area contributed by atoms with Crippen molar-refractivity contribution in [2.24, 2.45) is 0 Å². The maximum atomic E-state index is 12.5. The van der Waals surface area contributed by atoms with Gasteiger partial charge in [-0.2, -0.15) is 0 Å². The molecule has 0 fully saturated rings. The van der Waals surface area contributed by atoms with E-state index in [0.29, 0.717) is 33.8 Å². The molecule has 3 rings (SSSR count). The van der Waals surface area contributed by atoms with Crippen LogP contribution in [0.1, 0.15) is 33.6 Å². The zero-order valence-corrected chi connectivity index (χ0v) is 16.3. The average Bonchev–Trinajstić information content (AvgIpc) is 3.10. The minimum atomic E-state index is -0.0425. The van der Waals surface area contributed by atoms with Crippen LogP contribution < -0.4 is 9.47 Å². The van der Waals surface area contributed by atoms with Crippen LogP contribution in [0.15, 0.2) is 24.3 Å². The number of ketones is 1. The van der Waals surface area contributed by atoms with E-state index in [-0.39, 0.29) is 24.5 Å². The van der Waals surface area contributed by atoms with E-state index in [4.69, 9.17) is 21.1 Å². The summed E-state index contributed by atoms with van der Waals surface area (Å²) in [6.07, 6.45) is 1.16. The lowest BCUT2D eigenvalue weighted by atomic mass is 9.98. The van der Waals surface area contributed by atoms with Crippen molar-refractivity contribution in [3.05, 3.63) is 44.6 Å². The van der Waals surface area contributed by atoms with Gasteiger partial charge < -0.3 is 14.4 Å². The van der Waals surface area contributed by atoms with Crippen LogP contribution in [-0.4, -0.2) is 37.4 Å². The summed E-state index contributed by atoms with van der Waals surface area (Å²) in [7, 11) is 3.21. The Morgan fingerprint density at radius 2 is 1.81 bits per heavy atom. The molecule has 0 aliphatic carbocycles. The van der Waals surface area contributed by atoms with Crippen LogP contribution in [0.3, 0.4) is 0 Å². The molecular weight excluding hydrogens is 374 g/mol. The number of thiophene rings is 1. The van der Waals surface area contributed by atoms with E-state index in [1.165, 1.54) is 11.3 Å². The van der Waals surface area contributed by atoms with Crippen molar-refractivity contribution in [3.63, 3.8) is 0 Å². The number of halogens is 1. The monoisotopic (exact) mass is 393 g/mol. The second kappa shape index (κ2) is 8.10. The summed E-state index contributed by atoms with van der Waals surface area (Å²) in [5.74, 6) is 1.30. The van der Waals surface area contributed by atoms with Gasteiger partial charge in [0.25, 0.3) is 0 Å². The third-order valence-electron chi connectivity index (χ3n) is 4.48. The Morgan fingerprint density at radius 3 is 2.42 bits per heavy atom. The third kappa shape index (κ3) is 4.02. The Hall–Kier alpha value is -2.05. The molecule has 0 bridgehead atoms. The van der Waals surface area contributed by atoms with Gasteiger partial charge in [-0.1, -0.05) is 11.6 Å². The number of ether oxygens (including phenoxy) is 2. The van der Waals surface area contributed by atoms with Crippen LogP contribution in [0.5, 0.6) is 11.5 Å². The normalized spacial score (nSPS) is 13.3. The van der Waals surface area contributed by atoms with Crippen LogP contribution in [0, 0.1) is 0 Å². The lowest BCUT2D eigenvalue weighted by Gasteiger charge is -2.29. The molecule has 0 saturated carbocycles. The minimum Gasteiger partial charge on any atom is -0.493 e. The number of nitrogens with zero attached hydrogens (tertiary/aromatic N) is 1. The molecule has 2 aromatic rings. The number of amides is 1. The quantitative estimate of drug-likeness (QED) is 0.697. The Labute approximate surface area is 161 Å². The van der Waals surface area contributed by atoms with Crippen molar-refractivity contribution in [1.29, 1.82) is 0 Å². The molecule has 1 aliphatic heterocycles. The van der Waals surface area contributed by atoms with Crippen molar-refractivity contribution in [3.8, 4) is 11.5 Å². The molecule has 0 radical (unpaired) electrons. The number of hydrogen-bond acceptors (Lipinski definition) is 5. The number of rotatable bonds is 6. The third-order valence-corrected chi connectivity index (χ3v) is 5.76. The van der Waals surface area contributed by atoms with Gasteiger partial charge in [0.2, 0.25) is 5.91 Å². The topological polar surface area (TPSA) is 55.8 Å². The number of carbonyl (C=O) groups is 2. The van der Waals surface area contributed by atoms with E-state index < -0.39 is 0 Å². The minimum absolute atomic E-state index is 0.0126. The highest BCUT2D eigenvalue weighted by molar-refractivity contribution is 7.18. The zero-order valence-electron chi connectivity index (χ0n) is 14.7. The van der Waals surface area contributed by atoms with E-state index in [0.717, 1.165) is 17.5 Å². The molecule has 138 valence electrons. The Kier molecular flexibility index (Phi) is 5.84. The first-order valence-electron chi connectivity index (χ1n) is 8.32. The fourth-order valence-corrected chi connectivity index (χ4v) is 4.07. The van der Waals surface area contributed by atoms with Crippen molar-refractivity contribution in [1.82, 2.24) is 4.90 Å². The highest BCUT2D eigenvalue weighted by Crippen LogP contribution is 2.33. The van der Waals surface area contributed by atoms with Gasteiger partial charge in [-0.25, -0.2) is 0 Å². The summed E-state index contributed by atoms with van der Waals surface area (Å²) in [4.78, 5) is 27.1. The molecule has 1 aromatic carbocycles. The summed E-state index contributed by atoms with van der Waals surface area (Å²) < 4.78 is 11.3. The maximum Gasteiger partial charge on any atom is 0.223 e. The predicted molar refractivity (Wildman–Crippen MR) is 102 cm³/mol. The Morgan fingerprint density at radius 1 is 1.12 bits per heavy atom. The van der Waals surface area contributed by atoms with Gasteiger partial charge in [0, 0.05) is 25.9 Å². The molecule has 0 unspecified atom stereocenters. The first-order chi connectivity index (χ1) is 12.5. The first-order valence-corrected chi connectivity index (χ1v) is 9.51. The molecular formula is C19H20ClNO4S. The molecule has 5 nitrogen and oxygen atoms in total. The number of carbonyl (C=O) groups excluding carboxylic acids is 2. The zero-order chi connectivity index (χ0) is 18.7. The van der Waals surface area contributed by atoms with Crippen LogP contribution in [0.25, 0.3) is 0 Å². The van der Waals surface area contributed by atoms with Gasteiger partial charge >= 0.3 is 0 Å². The number of Topliss-reactive ketones (excluding diaryl/α,β-unsaturated/α-hetero) is 1. The number of hydrogen-bond donors (Lipinski definition) is 0. The van der Waals surface area contributed by atoms with Crippen LogP contribution in [0.2, 0.25) is 4.34 Å². The number of benzene rings is 1. The highest BCUT2D eigenvalue weighted by atomic mass is 35.5. The molecule has 7 heteroatoms. The van der Waals surface area contributed by atoms with E-state index >= 15 is 0 Å². The lowest BCUT2D eigenvalue weighted by Crippen LogP contribution is -2.36. The van der Waals surface area contributed by atoms with Crippen LogP contribution >= 0.6 is 22.9 Å². The molecule has 0 N–H and O–H groups in total. The standard InChI is InChI=1S/C19H20ClNO4S/c1-24-15-9-12-7-8-21(11-13(12)10-16(15)25-2)19(23)6-3-14(22)17-4-5-18(20)26-17/h4-5,9-10H,3,6-8,11H2,1-2H3. The summed E-state index contributed by atoms with van der Waals surface area (Å²) in [5, 5.41) is 0. The summed E-state index contributed by atoms with van der Waals surface area (Å²) in [6.45, 7) is 1.16. The Bertz CT molecular complexity index is 833. The summed E-state index contributed by atoms with van der Waals surface area (Å²) >= 11 is 7.10. The van der Waals surface area contributed by atoms with Gasteiger partial charge in [0.05, 0.1) is 23.4 Å². The maximum absolute atomic E-state index is 12.5. The molecule has 0 spiro atoms. The number of fused-ring (bicyclic) bond motifs is 1. The molecule has 0 atom stereocenters. The van der Waals surface area contributed by atoms with Gasteiger partial charge in [-0.3, -0.25) is 9.59 Å². The molecule has 2 heterocycles. The molecule has 26 heavy (non-hydrogen) atoms. The molecule has 1 aliphatic rings. The number of methoxy groups -OCH3 is 2. The summed E-state index contributed by atoms with van der Waals surface area (Å²) in [5.41, 5.74) is 2.22. The summed E-state index contributed by atoms with van der Waals surface area (Å²) in [6, 6.07) is 7.30. The lowest BCUT2D eigenvalue weighted by molar-refractivity contribution is -0.132. The molecule has 0 saturated heterocycles. The largest absolute Gasteiger partial charge is 0.493 e. The fraction of sp³-hybridized carbons (Fsp3) is 0.368. The Balaban J connectivity index is 1.62. The SMILES string of the molecule is COc1cc2c(cc1OC)CN(C(=O)CCC(=O)c1ccc(Cl)s1)CC2. The highest BCUT2D eigenvalue weighted by Gasteiger charge is 2.23. The second-order valence-corrected chi connectivity index (χ2v) is 7.78. The van der Waals surface area contributed by atoms with Crippen LogP contribution in [-0.2, 0) is 17.8 Å². The van der Waals surface area contributed by atoms with Gasteiger partial charge in [0.1, 0.15) is 0 Å². The molecule has 1 amide bonds. The van der Waals surface area contributed by atoms with Crippen molar-refractivity contribution in [2.75, 3.05) is 20.8 Å². The van der Waals surface area contributed by atoms with Crippen molar-refractivity contribution in [2.45, 2.75) is 25.8 Å². The smallest absolute Gasteiger partial charge is 0.223 e. The average molecular weight is 394 g/mol. The van der Waals surface area contributed by atoms with Crippen molar-refractivity contribution >= 4 is 34.6 Å². The van der Waals surface area contributed by atoms with Crippen LogP contribution in [0.4, 0.5) is 0 Å². The fourth-order valence-electron chi connectivity index (χ4n) is 3.06. The van der Waals surface area contributed by atoms with Gasteiger partial charge in [-0.05, 0) is 41.8 Å². The predicted octanol–water partition coefficient (Wildman–Crippen LogP) is 3.97. The van der Waals surface area contributed by atoms with Gasteiger partial charge in [0.15, 0.2) is 17.3 Å². The first kappa shape index (κ1) is 18.7. The van der Waals surface area contributed by atoms with E-state index in [1.807, 2.05) is 12.1 Å². The van der Waals surface area contributed by atoms with Crippen molar-refractivity contribution < 1.29 is 19.1 Å². The van der Waals surface area contributed by atoms with E-state index in [1.54, 1.807) is 31.3 Å². The van der Waals surface area contributed by atoms with E-state index in [9.17, 15) is 9.59 Å².